The van der Waals surface area contributed by atoms with Crippen LogP contribution in [-0.2, 0) is 19.1 Å². The number of allylic oxidation sites excluding steroid dienone is 1. The second-order valence-corrected chi connectivity index (χ2v) is 14.7. The Bertz CT molecular complexity index is 1470. The van der Waals surface area contributed by atoms with Crippen molar-refractivity contribution in [3.63, 3.8) is 0 Å². The van der Waals surface area contributed by atoms with Gasteiger partial charge in [-0.05, 0) is 64.5 Å². The molecule has 2 N–H and O–H groups in total. The lowest BCUT2D eigenvalue weighted by atomic mass is 9.72. The van der Waals surface area contributed by atoms with Crippen molar-refractivity contribution in [1.29, 1.82) is 0 Å². The summed E-state index contributed by atoms with van der Waals surface area (Å²) in [6.45, 7) is 9.99. The fourth-order valence-corrected chi connectivity index (χ4v) is 8.70. The Morgan fingerprint density at radius 2 is 1.51 bits per heavy atom. The molecule has 11 nitrogen and oxygen atoms in total. The number of carbonyl (C=O) groups is 4. The van der Waals surface area contributed by atoms with Gasteiger partial charge in [-0.15, -0.1) is 0 Å². The highest BCUT2D eigenvalue weighted by Crippen LogP contribution is 2.46. The number of rotatable bonds is 7. The van der Waals surface area contributed by atoms with Crippen molar-refractivity contribution >= 4 is 58.7 Å². The highest BCUT2D eigenvalue weighted by atomic mass is 35.5. The fraction of sp³-hybridized carbons (Fsp3) is 0.576. The van der Waals surface area contributed by atoms with Crippen molar-refractivity contribution in [2.45, 2.75) is 70.0 Å². The van der Waals surface area contributed by atoms with Crippen LogP contribution in [0.25, 0.3) is 0 Å². The normalized spacial score (nSPS) is 26.1. The van der Waals surface area contributed by atoms with E-state index < -0.39 is 29.0 Å². The summed E-state index contributed by atoms with van der Waals surface area (Å²) in [4.78, 5) is 59.5. The van der Waals surface area contributed by atoms with Crippen molar-refractivity contribution in [1.82, 2.24) is 19.6 Å². The van der Waals surface area contributed by atoms with Crippen LogP contribution in [0.4, 0.5) is 4.79 Å². The lowest BCUT2D eigenvalue weighted by Crippen LogP contribution is -2.64. The van der Waals surface area contributed by atoms with Crippen LogP contribution in [0.5, 0.6) is 0 Å². The SMILES string of the molecule is CC1=C(C(=O)O)C(c2c(Cl)cccc2Cl)C(C(=O)O)=CN1C(C)(C)C(=O)N1CCN(C2C3CCCC2CN(C(=O)OC(C)Cl)C3)CC1. The number of carboxylic acid groups (broad SMARTS) is 2. The van der Waals surface area contributed by atoms with Crippen LogP contribution >= 0.6 is 34.8 Å². The van der Waals surface area contributed by atoms with Gasteiger partial charge < -0.3 is 29.6 Å². The van der Waals surface area contributed by atoms with Gasteiger partial charge in [-0.2, -0.15) is 0 Å². The third kappa shape index (κ3) is 6.82. The molecule has 3 fully saturated rings. The number of benzene rings is 1. The highest BCUT2D eigenvalue weighted by Gasteiger charge is 2.48. The molecular formula is C33H41Cl3N4O7. The van der Waals surface area contributed by atoms with Gasteiger partial charge in [0.1, 0.15) is 5.54 Å². The summed E-state index contributed by atoms with van der Waals surface area (Å²) < 4.78 is 5.25. The van der Waals surface area contributed by atoms with Crippen molar-refractivity contribution in [2.75, 3.05) is 39.3 Å². The average Bonchev–Trinajstić information content (AvgIpc) is 2.99. The van der Waals surface area contributed by atoms with Crippen molar-refractivity contribution in [3.8, 4) is 0 Å². The number of fused-ring (bicyclic) bond motifs is 2. The van der Waals surface area contributed by atoms with E-state index in [2.05, 4.69) is 4.90 Å². The second kappa shape index (κ2) is 13.9. The van der Waals surface area contributed by atoms with E-state index >= 15 is 0 Å². The number of nitrogens with zero attached hydrogens (tertiary/aromatic N) is 4. The first kappa shape index (κ1) is 35.3. The molecule has 0 aromatic heterocycles. The Balaban J connectivity index is 1.34. The van der Waals surface area contributed by atoms with Gasteiger partial charge in [-0.25, -0.2) is 14.4 Å². The van der Waals surface area contributed by atoms with E-state index in [9.17, 15) is 29.4 Å². The van der Waals surface area contributed by atoms with E-state index in [0.29, 0.717) is 57.1 Å². The lowest BCUT2D eigenvalue weighted by molar-refractivity contribution is -0.144. The number of ether oxygens (including phenoxy) is 1. The number of hydrogen-bond acceptors (Lipinski definition) is 7. The summed E-state index contributed by atoms with van der Waals surface area (Å²) >= 11 is 18.8. The van der Waals surface area contributed by atoms with Crippen LogP contribution in [0.15, 0.2) is 41.2 Å². The first-order chi connectivity index (χ1) is 22.1. The van der Waals surface area contributed by atoms with Crippen molar-refractivity contribution < 1.29 is 34.1 Å². The zero-order valence-electron chi connectivity index (χ0n) is 26.9. The van der Waals surface area contributed by atoms with Crippen molar-refractivity contribution in [2.24, 2.45) is 11.8 Å². The number of piperidine rings is 1. The summed E-state index contributed by atoms with van der Waals surface area (Å²) in [6, 6.07) is 4.96. The lowest BCUT2D eigenvalue weighted by Gasteiger charge is -2.53. The minimum atomic E-state index is -1.35. The third-order valence-corrected chi connectivity index (χ3v) is 10.8. The van der Waals surface area contributed by atoms with E-state index in [1.807, 2.05) is 0 Å². The summed E-state index contributed by atoms with van der Waals surface area (Å²) in [5.74, 6) is -3.57. The summed E-state index contributed by atoms with van der Waals surface area (Å²) in [6.07, 6.45) is 4.10. The molecule has 2 saturated heterocycles. The zero-order chi connectivity index (χ0) is 34.4. The number of halogens is 3. The maximum Gasteiger partial charge on any atom is 0.411 e. The molecule has 256 valence electrons. The number of likely N-dealkylation sites (tertiary alicyclic amines) is 1. The Morgan fingerprint density at radius 1 is 0.936 bits per heavy atom. The minimum absolute atomic E-state index is 0.141. The molecule has 2 amide bonds. The Morgan fingerprint density at radius 3 is 2.02 bits per heavy atom. The standard InChI is InChI=1S/C33H41Cl3N4O7/c1-18-25(30(43)44)26(27-23(35)9-6-10-24(27)36)22(29(41)42)17-40(18)33(3,4)31(45)38-13-11-37(12-14-38)28-20-7-5-8-21(28)16-39(15-20)32(46)47-19(2)34/h6,9-10,17,19-21,26,28H,5,7-8,11-16H2,1-4H3,(H,41,42)(H,43,44). The van der Waals surface area contributed by atoms with Crippen molar-refractivity contribution in [3.05, 3.63) is 56.9 Å². The van der Waals surface area contributed by atoms with Crippen LogP contribution in [0.3, 0.4) is 0 Å². The first-order valence-corrected chi connectivity index (χ1v) is 17.1. The average molecular weight is 712 g/mol. The predicted molar refractivity (Wildman–Crippen MR) is 177 cm³/mol. The molecule has 1 aromatic rings. The molecule has 4 aliphatic rings. The van der Waals surface area contributed by atoms with Gasteiger partial charge >= 0.3 is 18.0 Å². The summed E-state index contributed by atoms with van der Waals surface area (Å²) in [7, 11) is 0. The molecule has 0 radical (unpaired) electrons. The fourth-order valence-electron chi connectivity index (χ4n) is 8.01. The Hall–Kier alpha value is -2.99. The van der Waals surface area contributed by atoms with Crippen LogP contribution < -0.4 is 0 Å². The molecule has 5 rings (SSSR count). The number of alkyl halides is 1. The molecule has 1 saturated carbocycles. The first-order valence-electron chi connectivity index (χ1n) is 15.9. The largest absolute Gasteiger partial charge is 0.478 e. The van der Waals surface area contributed by atoms with Crippen LogP contribution in [0, 0.1) is 11.8 Å². The third-order valence-electron chi connectivity index (χ3n) is 10.1. The van der Waals surface area contributed by atoms with Gasteiger partial charge in [-0.3, -0.25) is 9.69 Å². The van der Waals surface area contributed by atoms with E-state index in [1.165, 1.54) is 23.2 Å². The van der Waals surface area contributed by atoms with Gasteiger partial charge in [0, 0.05) is 72.8 Å². The number of hydrogen-bond donors (Lipinski definition) is 2. The molecular weight excluding hydrogens is 671 g/mol. The molecule has 0 spiro atoms. The van der Waals surface area contributed by atoms with Gasteiger partial charge in [0.05, 0.1) is 17.1 Å². The molecule has 3 heterocycles. The number of piperazine rings is 1. The van der Waals surface area contributed by atoms with Gasteiger partial charge in [-0.1, -0.05) is 47.3 Å². The molecule has 1 aliphatic carbocycles. The molecule has 3 aliphatic heterocycles. The number of carbonyl (C=O) groups excluding carboxylic acids is 2. The van der Waals surface area contributed by atoms with Gasteiger partial charge in [0.25, 0.3) is 0 Å². The molecule has 1 aromatic carbocycles. The number of amides is 2. The van der Waals surface area contributed by atoms with E-state index in [4.69, 9.17) is 39.5 Å². The molecule has 2 bridgehead atoms. The molecule has 47 heavy (non-hydrogen) atoms. The minimum Gasteiger partial charge on any atom is -0.478 e. The van der Waals surface area contributed by atoms with E-state index in [0.717, 1.165) is 19.3 Å². The quantitative estimate of drug-likeness (QED) is 0.354. The van der Waals surface area contributed by atoms with Crippen LogP contribution in [-0.4, -0.2) is 110 Å². The smallest absolute Gasteiger partial charge is 0.411 e. The number of carboxylic acids is 2. The van der Waals surface area contributed by atoms with E-state index in [-0.39, 0.29) is 44.5 Å². The summed E-state index contributed by atoms with van der Waals surface area (Å²) in [5, 5.41) is 20.9. The van der Waals surface area contributed by atoms with Gasteiger partial charge in [0.2, 0.25) is 5.91 Å². The molecule has 4 unspecified atom stereocenters. The maximum absolute atomic E-state index is 14.2. The Kier molecular flexibility index (Phi) is 10.4. The zero-order valence-corrected chi connectivity index (χ0v) is 29.2. The predicted octanol–water partition coefficient (Wildman–Crippen LogP) is 5.46. The topological polar surface area (TPSA) is 131 Å². The van der Waals surface area contributed by atoms with E-state index in [1.54, 1.807) is 43.6 Å². The van der Waals surface area contributed by atoms with Crippen LogP contribution in [0.2, 0.25) is 10.0 Å². The number of aliphatic carboxylic acids is 2. The Labute approximate surface area is 289 Å². The summed E-state index contributed by atoms with van der Waals surface area (Å²) in [5.41, 5.74) is -2.07. The maximum atomic E-state index is 14.2. The molecule has 4 atom stereocenters. The monoisotopic (exact) mass is 710 g/mol. The highest BCUT2D eigenvalue weighted by molar-refractivity contribution is 6.36. The van der Waals surface area contributed by atoms with Gasteiger partial charge in [0.15, 0.2) is 5.56 Å². The second-order valence-electron chi connectivity index (χ2n) is 13.3. The molecule has 14 heteroatoms. The van der Waals surface area contributed by atoms with Crippen LogP contribution in [0.1, 0.15) is 58.4 Å².